The van der Waals surface area contributed by atoms with Crippen molar-refractivity contribution in [3.05, 3.63) is 95.1 Å². The molecule has 1 saturated carbocycles. The first-order chi connectivity index (χ1) is 21.4. The largest absolute Gasteiger partial charge is 0.493 e. The summed E-state index contributed by atoms with van der Waals surface area (Å²) in [5.74, 6) is 1.90. The molecule has 4 aliphatic rings. The topological polar surface area (TPSA) is 68.3 Å². The third-order valence-electron chi connectivity index (χ3n) is 10.5. The Hall–Kier alpha value is -4.10. The minimum absolute atomic E-state index is 0.0336. The van der Waals surface area contributed by atoms with Gasteiger partial charge in [-0.05, 0) is 61.8 Å². The van der Waals surface area contributed by atoms with Gasteiger partial charge < -0.3 is 19.1 Å². The van der Waals surface area contributed by atoms with Crippen molar-refractivity contribution in [3.8, 4) is 17.2 Å². The molecule has 1 saturated heterocycles. The number of esters is 1. The number of hydrogen-bond donors (Lipinski definition) is 0. The van der Waals surface area contributed by atoms with E-state index in [1.54, 1.807) is 13.2 Å². The number of piperidine rings is 1. The van der Waals surface area contributed by atoms with Gasteiger partial charge in [0.1, 0.15) is 11.9 Å². The lowest BCUT2D eigenvalue weighted by atomic mass is 9.50. The molecule has 0 N–H and O–H groups in total. The number of amides is 1. The molecule has 5 atom stereocenters. The summed E-state index contributed by atoms with van der Waals surface area (Å²) < 4.78 is 18.7. The van der Waals surface area contributed by atoms with Crippen LogP contribution in [-0.2, 0) is 27.8 Å². The van der Waals surface area contributed by atoms with Crippen molar-refractivity contribution in [3.63, 3.8) is 0 Å². The minimum atomic E-state index is -0.346. The minimum Gasteiger partial charge on any atom is -0.493 e. The molecule has 2 aliphatic carbocycles. The third kappa shape index (κ3) is 4.69. The molecule has 228 valence electrons. The lowest BCUT2D eigenvalue weighted by Gasteiger charge is -2.60. The fraction of sp³-hybridized carbons (Fsp3) is 0.405. The van der Waals surface area contributed by atoms with Crippen molar-refractivity contribution in [1.29, 1.82) is 0 Å². The van der Waals surface area contributed by atoms with Gasteiger partial charge in [-0.15, -0.1) is 0 Å². The highest BCUT2D eigenvalue weighted by Gasteiger charge is 2.67. The highest BCUT2D eigenvalue weighted by Crippen LogP contribution is 2.65. The Morgan fingerprint density at radius 1 is 1.07 bits per heavy atom. The van der Waals surface area contributed by atoms with Crippen LogP contribution < -0.4 is 14.2 Å². The summed E-state index contributed by atoms with van der Waals surface area (Å²) in [6.45, 7) is 3.37. The monoisotopic (exact) mass is 592 g/mol. The van der Waals surface area contributed by atoms with E-state index in [1.807, 2.05) is 54.4 Å². The van der Waals surface area contributed by atoms with Gasteiger partial charge in [-0.25, -0.2) is 0 Å². The second-order valence-corrected chi connectivity index (χ2v) is 12.7. The van der Waals surface area contributed by atoms with E-state index >= 15 is 0 Å². The third-order valence-corrected chi connectivity index (χ3v) is 10.5. The van der Waals surface area contributed by atoms with Gasteiger partial charge >= 0.3 is 5.97 Å². The van der Waals surface area contributed by atoms with Gasteiger partial charge in [0.2, 0.25) is 5.91 Å². The van der Waals surface area contributed by atoms with E-state index in [0.717, 1.165) is 67.6 Å². The number of likely N-dealkylation sites (tertiary alicyclic amines) is 1. The summed E-state index contributed by atoms with van der Waals surface area (Å²) in [5, 5.41) is 0. The first-order valence-electron chi connectivity index (χ1n) is 15.8. The van der Waals surface area contributed by atoms with Crippen LogP contribution in [0.3, 0.4) is 0 Å². The first kappa shape index (κ1) is 28.7. The molecule has 2 fully saturated rings. The van der Waals surface area contributed by atoms with Gasteiger partial charge in [0.25, 0.3) is 0 Å². The van der Waals surface area contributed by atoms with Crippen LogP contribution in [0, 0.1) is 5.92 Å². The molecular formula is C37H40N2O5. The molecule has 7 heteroatoms. The highest BCUT2D eigenvalue weighted by molar-refractivity contribution is 5.92. The molecule has 1 spiro atoms. The van der Waals surface area contributed by atoms with Crippen LogP contribution in [0.2, 0.25) is 0 Å². The zero-order valence-electron chi connectivity index (χ0n) is 25.7. The van der Waals surface area contributed by atoms with Gasteiger partial charge in [0, 0.05) is 55.2 Å². The Kier molecular flexibility index (Phi) is 7.45. The van der Waals surface area contributed by atoms with E-state index in [9.17, 15) is 9.59 Å². The maximum atomic E-state index is 13.6. The van der Waals surface area contributed by atoms with E-state index in [0.29, 0.717) is 23.5 Å². The van der Waals surface area contributed by atoms with E-state index in [4.69, 9.17) is 14.2 Å². The lowest BCUT2D eigenvalue weighted by Crippen LogP contribution is -2.69. The van der Waals surface area contributed by atoms with Crippen molar-refractivity contribution in [2.75, 3.05) is 27.2 Å². The van der Waals surface area contributed by atoms with Crippen LogP contribution >= 0.6 is 0 Å². The van der Waals surface area contributed by atoms with Gasteiger partial charge in [0.05, 0.1) is 13.2 Å². The molecule has 7 nitrogen and oxygen atoms in total. The molecule has 0 unspecified atom stereocenters. The van der Waals surface area contributed by atoms with Gasteiger partial charge in [-0.2, -0.15) is 0 Å². The van der Waals surface area contributed by atoms with Gasteiger partial charge in [-0.1, -0.05) is 60.7 Å². The SMILES string of the molecule is COc1cc(OC(C)=O)c2c3c1O[C@H]1[C@@H](N(C)C(=O)C=Cc4ccccc4)CC[C@H]4[C@@H](C2)N(CCc2ccccc2)CC[C@@]341. The van der Waals surface area contributed by atoms with Crippen molar-refractivity contribution in [1.82, 2.24) is 9.80 Å². The number of benzene rings is 3. The molecule has 3 aromatic rings. The maximum Gasteiger partial charge on any atom is 0.308 e. The number of likely N-dealkylation sites (N-methyl/N-ethyl adjacent to an activating group) is 1. The average Bonchev–Trinajstić information content (AvgIpc) is 3.38. The Morgan fingerprint density at radius 2 is 1.82 bits per heavy atom. The maximum absolute atomic E-state index is 13.6. The molecule has 2 heterocycles. The lowest BCUT2D eigenvalue weighted by molar-refractivity contribution is -0.135. The van der Waals surface area contributed by atoms with Crippen molar-refractivity contribution in [2.45, 2.75) is 62.6 Å². The molecule has 0 radical (unpaired) electrons. The van der Waals surface area contributed by atoms with Crippen molar-refractivity contribution < 1.29 is 23.8 Å². The summed E-state index contributed by atoms with van der Waals surface area (Å²) in [6, 6.07) is 22.6. The second-order valence-electron chi connectivity index (χ2n) is 12.7. The fourth-order valence-corrected chi connectivity index (χ4v) is 8.64. The Balaban J connectivity index is 1.26. The Morgan fingerprint density at radius 3 is 2.55 bits per heavy atom. The van der Waals surface area contributed by atoms with Crippen molar-refractivity contribution >= 4 is 18.0 Å². The summed E-state index contributed by atoms with van der Waals surface area (Å²) in [5.41, 5.74) is 4.24. The molecule has 3 aromatic carbocycles. The predicted molar refractivity (Wildman–Crippen MR) is 169 cm³/mol. The van der Waals surface area contributed by atoms with Crippen LogP contribution in [0.4, 0.5) is 0 Å². The number of hydrogen-bond acceptors (Lipinski definition) is 6. The zero-order chi connectivity index (χ0) is 30.4. The van der Waals surface area contributed by atoms with Crippen LogP contribution in [0.15, 0.2) is 72.8 Å². The predicted octanol–water partition coefficient (Wildman–Crippen LogP) is 5.44. The number of rotatable bonds is 8. The molecule has 7 rings (SSSR count). The van der Waals surface area contributed by atoms with E-state index in [1.165, 1.54) is 12.5 Å². The van der Waals surface area contributed by atoms with E-state index in [2.05, 4.69) is 35.2 Å². The molecular weight excluding hydrogens is 552 g/mol. The fourth-order valence-electron chi connectivity index (χ4n) is 8.64. The summed E-state index contributed by atoms with van der Waals surface area (Å²) in [4.78, 5) is 30.4. The van der Waals surface area contributed by atoms with E-state index in [-0.39, 0.29) is 29.4 Å². The summed E-state index contributed by atoms with van der Waals surface area (Å²) >= 11 is 0. The second kappa shape index (κ2) is 11.4. The molecule has 2 bridgehead atoms. The Bertz CT molecular complexity index is 1590. The van der Waals surface area contributed by atoms with Crippen molar-refractivity contribution in [2.24, 2.45) is 5.92 Å². The zero-order valence-corrected chi connectivity index (χ0v) is 25.7. The smallest absolute Gasteiger partial charge is 0.308 e. The van der Waals surface area contributed by atoms with Crippen LogP contribution in [0.1, 0.15) is 48.4 Å². The normalized spacial score (nSPS) is 26.5. The molecule has 44 heavy (non-hydrogen) atoms. The number of carbonyl (C=O) groups excluding carboxylic acids is 2. The average molecular weight is 593 g/mol. The number of carbonyl (C=O) groups is 2. The number of nitrogens with zero attached hydrogens (tertiary/aromatic N) is 2. The quantitative estimate of drug-likeness (QED) is 0.197. The number of ether oxygens (including phenoxy) is 3. The van der Waals surface area contributed by atoms with Crippen LogP contribution in [0.25, 0.3) is 6.08 Å². The van der Waals surface area contributed by atoms with E-state index < -0.39 is 0 Å². The standard InChI is InChI=1S/C37H40N2O5/c1-24(40)43-31-23-32(42-3)35-34-27(31)22-30-28-15-16-29(38(2)33(41)17-14-25-10-6-4-7-11-25)36(44-35)37(28,34)19-21-39(30)20-18-26-12-8-5-9-13-26/h4-14,17,23,28-30,36H,15-16,18-22H2,1-3H3/t28-,29-,30+,36-,37-/m0/s1. The summed E-state index contributed by atoms with van der Waals surface area (Å²) in [7, 11) is 3.54. The first-order valence-corrected chi connectivity index (χ1v) is 15.8. The molecule has 2 aliphatic heterocycles. The number of methoxy groups -OCH3 is 1. The molecule has 1 amide bonds. The molecule has 0 aromatic heterocycles. The van der Waals surface area contributed by atoms with Crippen LogP contribution in [0.5, 0.6) is 17.2 Å². The Labute approximate surface area is 259 Å². The van der Waals surface area contributed by atoms with Gasteiger partial charge in [0.15, 0.2) is 11.5 Å². The summed E-state index contributed by atoms with van der Waals surface area (Å²) in [6.07, 6.45) is 7.89. The van der Waals surface area contributed by atoms with Gasteiger partial charge in [-0.3, -0.25) is 14.5 Å². The van der Waals surface area contributed by atoms with Crippen LogP contribution in [-0.4, -0.2) is 67.1 Å². The highest BCUT2D eigenvalue weighted by atomic mass is 16.5.